The van der Waals surface area contributed by atoms with Crippen molar-refractivity contribution in [3.8, 4) is 5.75 Å². The fourth-order valence-corrected chi connectivity index (χ4v) is 3.52. The van der Waals surface area contributed by atoms with Gasteiger partial charge in [-0.1, -0.05) is 30.3 Å². The molecule has 0 bridgehead atoms. The number of nitrogens with one attached hydrogen (secondary N) is 1. The maximum Gasteiger partial charge on any atom is 0.238 e. The average molecular weight is 413 g/mol. The number of anilines is 1. The zero-order valence-corrected chi connectivity index (χ0v) is 17.5. The molecular formula is C23H28FN3O3. The van der Waals surface area contributed by atoms with Gasteiger partial charge < -0.3 is 15.0 Å². The zero-order chi connectivity index (χ0) is 21.5. The second-order valence-corrected chi connectivity index (χ2v) is 7.50. The second kappa shape index (κ2) is 10.2. The Balaban J connectivity index is 1.39. The second-order valence-electron chi connectivity index (χ2n) is 7.50. The Labute approximate surface area is 176 Å². The minimum absolute atomic E-state index is 0.0222. The first kappa shape index (κ1) is 21.8. The molecule has 160 valence electrons. The third-order valence-corrected chi connectivity index (χ3v) is 5.25. The summed E-state index contributed by atoms with van der Waals surface area (Å²) in [5.74, 6) is -0.348. The van der Waals surface area contributed by atoms with E-state index in [1.54, 1.807) is 23.1 Å². The third kappa shape index (κ3) is 5.79. The van der Waals surface area contributed by atoms with Gasteiger partial charge in [-0.25, -0.2) is 4.39 Å². The van der Waals surface area contributed by atoms with Crippen molar-refractivity contribution in [2.24, 2.45) is 0 Å². The van der Waals surface area contributed by atoms with Gasteiger partial charge >= 0.3 is 0 Å². The third-order valence-electron chi connectivity index (χ3n) is 5.25. The molecule has 6 nitrogen and oxygen atoms in total. The number of carbonyl (C=O) groups excluding carboxylic acids is 2. The maximum absolute atomic E-state index is 13.5. The van der Waals surface area contributed by atoms with Crippen LogP contribution in [0.25, 0.3) is 0 Å². The van der Waals surface area contributed by atoms with Crippen molar-refractivity contribution in [2.45, 2.75) is 20.3 Å². The van der Waals surface area contributed by atoms with Crippen LogP contribution in [0.4, 0.5) is 10.1 Å². The van der Waals surface area contributed by atoms with Gasteiger partial charge in [0, 0.05) is 31.9 Å². The molecule has 1 aliphatic rings. The van der Waals surface area contributed by atoms with E-state index >= 15 is 0 Å². The summed E-state index contributed by atoms with van der Waals surface area (Å²) in [5.41, 5.74) is 2.94. The number of aryl methyl sites for hydroxylation is 2. The van der Waals surface area contributed by atoms with E-state index in [1.807, 2.05) is 36.9 Å². The average Bonchev–Trinajstić information content (AvgIpc) is 2.73. The lowest BCUT2D eigenvalue weighted by atomic mass is 10.1. The van der Waals surface area contributed by atoms with E-state index in [-0.39, 0.29) is 30.6 Å². The number of para-hydroxylation sites is 2. The quantitative estimate of drug-likeness (QED) is 0.758. The van der Waals surface area contributed by atoms with E-state index in [2.05, 4.69) is 5.32 Å². The molecule has 1 fully saturated rings. The summed E-state index contributed by atoms with van der Waals surface area (Å²) in [5, 5.41) is 3.00. The predicted molar refractivity (Wildman–Crippen MR) is 114 cm³/mol. The molecule has 0 aliphatic carbocycles. The number of piperazine rings is 1. The van der Waals surface area contributed by atoms with E-state index in [1.165, 1.54) is 6.07 Å². The number of amides is 2. The molecule has 1 aliphatic heterocycles. The molecule has 0 saturated carbocycles. The molecular weight excluding hydrogens is 385 g/mol. The van der Waals surface area contributed by atoms with Crippen LogP contribution in [-0.4, -0.2) is 60.9 Å². The van der Waals surface area contributed by atoms with Gasteiger partial charge in [-0.3, -0.25) is 14.5 Å². The van der Waals surface area contributed by atoms with Gasteiger partial charge in [-0.05, 0) is 37.1 Å². The summed E-state index contributed by atoms with van der Waals surface area (Å²) < 4.78 is 18.9. The van der Waals surface area contributed by atoms with Crippen molar-refractivity contribution >= 4 is 17.5 Å². The topological polar surface area (TPSA) is 61.9 Å². The number of ether oxygens (including phenoxy) is 1. The van der Waals surface area contributed by atoms with Gasteiger partial charge in [-0.2, -0.15) is 0 Å². The van der Waals surface area contributed by atoms with Crippen molar-refractivity contribution in [2.75, 3.05) is 44.6 Å². The van der Waals surface area contributed by atoms with Crippen LogP contribution in [0.3, 0.4) is 0 Å². The maximum atomic E-state index is 13.5. The number of nitrogens with zero attached hydrogens (tertiary/aromatic N) is 2. The molecule has 30 heavy (non-hydrogen) atoms. The Morgan fingerprint density at radius 1 is 1.00 bits per heavy atom. The minimum atomic E-state index is -0.433. The van der Waals surface area contributed by atoms with Crippen molar-refractivity contribution in [3.63, 3.8) is 0 Å². The van der Waals surface area contributed by atoms with E-state index in [4.69, 9.17) is 4.74 Å². The molecule has 2 aromatic carbocycles. The van der Waals surface area contributed by atoms with Crippen LogP contribution in [0.2, 0.25) is 0 Å². The molecule has 7 heteroatoms. The van der Waals surface area contributed by atoms with Gasteiger partial charge in [0.1, 0.15) is 0 Å². The van der Waals surface area contributed by atoms with Crippen molar-refractivity contribution in [1.29, 1.82) is 0 Å². The number of hydrogen-bond donors (Lipinski definition) is 1. The summed E-state index contributed by atoms with van der Waals surface area (Å²) in [6.07, 6.45) is 0.196. The van der Waals surface area contributed by atoms with Crippen molar-refractivity contribution in [1.82, 2.24) is 9.80 Å². The molecule has 0 aromatic heterocycles. The molecule has 1 heterocycles. The van der Waals surface area contributed by atoms with Crippen LogP contribution in [0, 0.1) is 19.7 Å². The monoisotopic (exact) mass is 413 g/mol. The Hall–Kier alpha value is -2.93. The SMILES string of the molecule is Cc1cccc(C)c1NC(=O)CN1CCN(C(=O)CCOc2ccccc2F)CC1. The van der Waals surface area contributed by atoms with Crippen LogP contribution in [0.5, 0.6) is 5.75 Å². The van der Waals surface area contributed by atoms with Crippen LogP contribution in [0.15, 0.2) is 42.5 Å². The fourth-order valence-electron chi connectivity index (χ4n) is 3.52. The molecule has 0 radical (unpaired) electrons. The Morgan fingerprint density at radius 2 is 1.67 bits per heavy atom. The minimum Gasteiger partial charge on any atom is -0.490 e. The highest BCUT2D eigenvalue weighted by Crippen LogP contribution is 2.19. The van der Waals surface area contributed by atoms with Gasteiger partial charge in [0.15, 0.2) is 11.6 Å². The zero-order valence-electron chi connectivity index (χ0n) is 17.5. The first-order chi connectivity index (χ1) is 14.4. The highest BCUT2D eigenvalue weighted by molar-refractivity contribution is 5.93. The molecule has 0 unspecified atom stereocenters. The number of rotatable bonds is 7. The number of carbonyl (C=O) groups is 2. The molecule has 0 atom stereocenters. The normalized spacial score (nSPS) is 14.4. The first-order valence-electron chi connectivity index (χ1n) is 10.2. The highest BCUT2D eigenvalue weighted by Gasteiger charge is 2.22. The summed E-state index contributed by atoms with van der Waals surface area (Å²) in [7, 11) is 0. The summed E-state index contributed by atoms with van der Waals surface area (Å²) in [4.78, 5) is 28.6. The Kier molecular flexibility index (Phi) is 7.41. The summed E-state index contributed by atoms with van der Waals surface area (Å²) in [6, 6.07) is 12.1. The van der Waals surface area contributed by atoms with Crippen molar-refractivity contribution in [3.05, 3.63) is 59.4 Å². The van der Waals surface area contributed by atoms with E-state index in [0.717, 1.165) is 16.8 Å². The van der Waals surface area contributed by atoms with Crippen LogP contribution in [-0.2, 0) is 9.59 Å². The largest absolute Gasteiger partial charge is 0.490 e. The number of hydrogen-bond acceptors (Lipinski definition) is 4. The van der Waals surface area contributed by atoms with Crippen LogP contribution in [0.1, 0.15) is 17.5 Å². The van der Waals surface area contributed by atoms with E-state index in [0.29, 0.717) is 32.7 Å². The van der Waals surface area contributed by atoms with Crippen LogP contribution < -0.4 is 10.1 Å². The summed E-state index contributed by atoms with van der Waals surface area (Å²) >= 11 is 0. The number of benzene rings is 2. The molecule has 2 amide bonds. The van der Waals surface area contributed by atoms with Crippen molar-refractivity contribution < 1.29 is 18.7 Å². The van der Waals surface area contributed by atoms with Crippen LogP contribution >= 0.6 is 0 Å². The van der Waals surface area contributed by atoms with Gasteiger partial charge in [0.05, 0.1) is 19.6 Å². The molecule has 1 saturated heterocycles. The van der Waals surface area contributed by atoms with E-state index in [9.17, 15) is 14.0 Å². The molecule has 0 spiro atoms. The smallest absolute Gasteiger partial charge is 0.238 e. The van der Waals surface area contributed by atoms with Gasteiger partial charge in [-0.15, -0.1) is 0 Å². The predicted octanol–water partition coefficient (Wildman–Crippen LogP) is 2.99. The van der Waals surface area contributed by atoms with E-state index < -0.39 is 5.82 Å². The Morgan fingerprint density at radius 3 is 2.33 bits per heavy atom. The molecule has 3 rings (SSSR count). The lowest BCUT2D eigenvalue weighted by Crippen LogP contribution is -2.50. The Bertz CT molecular complexity index is 875. The lowest BCUT2D eigenvalue weighted by molar-refractivity contribution is -0.133. The molecule has 2 aromatic rings. The van der Waals surface area contributed by atoms with Gasteiger partial charge in [0.25, 0.3) is 0 Å². The molecule has 1 N–H and O–H groups in total. The van der Waals surface area contributed by atoms with Gasteiger partial charge in [0.2, 0.25) is 11.8 Å². The first-order valence-corrected chi connectivity index (χ1v) is 10.2. The lowest BCUT2D eigenvalue weighted by Gasteiger charge is -2.34. The fraction of sp³-hybridized carbons (Fsp3) is 0.391. The highest BCUT2D eigenvalue weighted by atomic mass is 19.1. The standard InChI is InChI=1S/C23H28FN3O3/c1-17-6-5-7-18(2)23(17)25-21(28)16-26-11-13-27(14-12-26)22(29)10-15-30-20-9-4-3-8-19(20)24/h3-9H,10-16H2,1-2H3,(H,25,28). The summed E-state index contributed by atoms with van der Waals surface area (Å²) in [6.45, 7) is 6.79. The number of halogens is 1.